The van der Waals surface area contributed by atoms with E-state index in [4.69, 9.17) is 4.42 Å². The zero-order chi connectivity index (χ0) is 18.5. The van der Waals surface area contributed by atoms with Gasteiger partial charge in [0, 0.05) is 31.8 Å². The van der Waals surface area contributed by atoms with Crippen LogP contribution in [0, 0.1) is 13.8 Å². The molecule has 1 saturated heterocycles. The zero-order valence-electron chi connectivity index (χ0n) is 14.4. The van der Waals surface area contributed by atoms with Crippen LogP contribution in [0.4, 0.5) is 4.39 Å². The van der Waals surface area contributed by atoms with Crippen molar-refractivity contribution in [3.63, 3.8) is 0 Å². The van der Waals surface area contributed by atoms with Crippen LogP contribution in [0.5, 0.6) is 0 Å². The summed E-state index contributed by atoms with van der Waals surface area (Å²) in [5, 5.41) is 3.85. The smallest absolute Gasteiger partial charge is 0.278 e. The van der Waals surface area contributed by atoms with Gasteiger partial charge in [-0.25, -0.2) is 27.3 Å². The van der Waals surface area contributed by atoms with Crippen LogP contribution in [0.15, 0.2) is 34.3 Å². The summed E-state index contributed by atoms with van der Waals surface area (Å²) in [5.74, 6) is 0.275. The van der Waals surface area contributed by atoms with Crippen molar-refractivity contribution in [2.24, 2.45) is 0 Å². The fourth-order valence-corrected chi connectivity index (χ4v) is 4.69. The predicted molar refractivity (Wildman–Crippen MR) is 89.7 cm³/mol. The maximum atomic E-state index is 15.6. The van der Waals surface area contributed by atoms with Gasteiger partial charge in [-0.3, -0.25) is 0 Å². The van der Waals surface area contributed by atoms with E-state index in [0.29, 0.717) is 11.2 Å². The highest BCUT2D eigenvalue weighted by Crippen LogP contribution is 2.40. The highest BCUT2D eigenvalue weighted by Gasteiger charge is 2.42. The molecule has 0 bridgehead atoms. The molecule has 26 heavy (non-hydrogen) atoms. The van der Waals surface area contributed by atoms with E-state index in [-0.39, 0.29) is 36.9 Å². The molecule has 0 atom stereocenters. The summed E-state index contributed by atoms with van der Waals surface area (Å²) in [7, 11) is -3.80. The van der Waals surface area contributed by atoms with Gasteiger partial charge >= 0.3 is 0 Å². The molecule has 1 aliphatic heterocycles. The van der Waals surface area contributed by atoms with Gasteiger partial charge in [-0.05, 0) is 31.4 Å². The first-order chi connectivity index (χ1) is 12.3. The molecular weight excluding hydrogens is 361 g/mol. The van der Waals surface area contributed by atoms with Gasteiger partial charge in [0.2, 0.25) is 0 Å². The van der Waals surface area contributed by atoms with E-state index in [1.165, 1.54) is 21.3 Å². The number of aryl methyl sites for hydroxylation is 2. The normalized spacial score (nSPS) is 18.4. The molecule has 0 N–H and O–H groups in total. The fourth-order valence-electron chi connectivity index (χ4n) is 3.37. The van der Waals surface area contributed by atoms with E-state index in [0.717, 1.165) is 5.56 Å². The molecule has 138 valence electrons. The number of fused-ring (bicyclic) bond motifs is 1. The number of pyridine rings is 1. The molecule has 0 radical (unpaired) electrons. The van der Waals surface area contributed by atoms with E-state index >= 15 is 4.39 Å². The van der Waals surface area contributed by atoms with Crippen molar-refractivity contribution in [3.8, 4) is 0 Å². The van der Waals surface area contributed by atoms with Gasteiger partial charge in [-0.2, -0.15) is 9.40 Å². The lowest BCUT2D eigenvalue weighted by atomic mass is 9.85. The number of halogens is 1. The van der Waals surface area contributed by atoms with Gasteiger partial charge in [-0.1, -0.05) is 0 Å². The van der Waals surface area contributed by atoms with Gasteiger partial charge in [0.25, 0.3) is 15.1 Å². The molecule has 1 fully saturated rings. The Balaban J connectivity index is 1.59. The molecular formula is C16H18FN5O3S. The number of rotatable bonds is 3. The summed E-state index contributed by atoms with van der Waals surface area (Å²) in [5.41, 5.74) is 0.321. The van der Waals surface area contributed by atoms with Crippen LogP contribution in [-0.2, 0) is 15.7 Å². The Morgan fingerprint density at radius 2 is 1.96 bits per heavy atom. The average molecular weight is 379 g/mol. The second-order valence-corrected chi connectivity index (χ2v) is 8.37. The number of oxazole rings is 1. The number of alkyl halides is 1. The molecule has 0 saturated carbocycles. The first-order valence-corrected chi connectivity index (χ1v) is 9.66. The van der Waals surface area contributed by atoms with Crippen molar-refractivity contribution in [1.82, 2.24) is 23.9 Å². The maximum absolute atomic E-state index is 15.6. The highest BCUT2D eigenvalue weighted by molar-refractivity contribution is 7.89. The molecule has 3 aromatic rings. The second kappa shape index (κ2) is 5.85. The van der Waals surface area contributed by atoms with Crippen LogP contribution in [0.3, 0.4) is 0 Å². The van der Waals surface area contributed by atoms with Crippen molar-refractivity contribution in [1.29, 1.82) is 0 Å². The molecule has 0 aromatic carbocycles. The van der Waals surface area contributed by atoms with E-state index in [1.807, 2.05) is 6.92 Å². The Morgan fingerprint density at radius 1 is 1.23 bits per heavy atom. The molecule has 10 heteroatoms. The highest BCUT2D eigenvalue weighted by atomic mass is 32.2. The molecule has 0 amide bonds. The maximum Gasteiger partial charge on any atom is 0.278 e. The number of nitrogens with zero attached hydrogens (tertiary/aromatic N) is 5. The third kappa shape index (κ3) is 2.69. The summed E-state index contributed by atoms with van der Waals surface area (Å²) in [6.45, 7) is 3.53. The number of sulfonamides is 1. The van der Waals surface area contributed by atoms with E-state index < -0.39 is 15.7 Å². The molecule has 0 aliphatic carbocycles. The zero-order valence-corrected chi connectivity index (χ0v) is 15.2. The fraction of sp³-hybridized carbons (Fsp3) is 0.438. The molecule has 0 unspecified atom stereocenters. The lowest BCUT2D eigenvalue weighted by molar-refractivity contribution is 0.0852. The number of hydrogen-bond donors (Lipinski definition) is 0. The van der Waals surface area contributed by atoms with Crippen molar-refractivity contribution in [3.05, 3.63) is 41.8 Å². The van der Waals surface area contributed by atoms with E-state index in [1.54, 1.807) is 19.2 Å². The standard InChI is InChI=1S/C16H18FN5O3S/c1-11-7-14-19-10-20-22(14)9-13(11)16(17)3-5-21(6-4-16)26(23,24)15-8-18-12(2)25-15/h7-10H,3-6H2,1-2H3. The minimum absolute atomic E-state index is 0.0559. The van der Waals surface area contributed by atoms with Crippen LogP contribution < -0.4 is 0 Å². The monoisotopic (exact) mass is 379 g/mol. The van der Waals surface area contributed by atoms with Crippen LogP contribution in [-0.4, -0.2) is 45.4 Å². The third-order valence-corrected chi connectivity index (χ3v) is 6.56. The van der Waals surface area contributed by atoms with Gasteiger partial charge in [0.15, 0.2) is 11.5 Å². The molecule has 0 spiro atoms. The van der Waals surface area contributed by atoms with Crippen molar-refractivity contribution >= 4 is 15.7 Å². The summed E-state index contributed by atoms with van der Waals surface area (Å²) >= 11 is 0. The SMILES string of the molecule is Cc1ncc(S(=O)(=O)N2CCC(F)(c3cn4ncnc4cc3C)CC2)o1. The minimum atomic E-state index is -3.80. The van der Waals surface area contributed by atoms with Gasteiger partial charge < -0.3 is 4.42 Å². The van der Waals surface area contributed by atoms with Gasteiger partial charge in [0.1, 0.15) is 12.0 Å². The quantitative estimate of drug-likeness (QED) is 0.691. The molecule has 4 rings (SSSR count). The van der Waals surface area contributed by atoms with Crippen molar-refractivity contribution < 1.29 is 17.2 Å². The van der Waals surface area contributed by atoms with Crippen LogP contribution in [0.25, 0.3) is 5.65 Å². The minimum Gasteiger partial charge on any atom is -0.428 e. The largest absolute Gasteiger partial charge is 0.428 e. The Hall–Kier alpha value is -2.33. The topological polar surface area (TPSA) is 93.6 Å². The van der Waals surface area contributed by atoms with Crippen molar-refractivity contribution in [2.45, 2.75) is 37.5 Å². The number of hydrogen-bond acceptors (Lipinski definition) is 6. The third-order valence-electron chi connectivity index (χ3n) is 4.81. The summed E-state index contributed by atoms with van der Waals surface area (Å²) in [6, 6.07) is 1.78. The Bertz CT molecular complexity index is 1070. The van der Waals surface area contributed by atoms with Crippen LogP contribution in [0.2, 0.25) is 0 Å². The van der Waals surface area contributed by atoms with E-state index in [9.17, 15) is 8.42 Å². The van der Waals surface area contributed by atoms with E-state index in [2.05, 4.69) is 15.1 Å². The number of piperidine rings is 1. The lowest BCUT2D eigenvalue weighted by Crippen LogP contribution is -2.43. The van der Waals surface area contributed by atoms with Crippen LogP contribution >= 0.6 is 0 Å². The number of aromatic nitrogens is 4. The van der Waals surface area contributed by atoms with Crippen molar-refractivity contribution in [2.75, 3.05) is 13.1 Å². The van der Waals surface area contributed by atoms with Gasteiger partial charge in [-0.15, -0.1) is 0 Å². The molecule has 4 heterocycles. The van der Waals surface area contributed by atoms with Crippen LogP contribution in [0.1, 0.15) is 29.9 Å². The van der Waals surface area contributed by atoms with Gasteiger partial charge in [0.05, 0.1) is 6.20 Å². The second-order valence-electron chi connectivity index (χ2n) is 6.50. The summed E-state index contributed by atoms with van der Waals surface area (Å²) < 4.78 is 48.8. The Morgan fingerprint density at radius 3 is 2.62 bits per heavy atom. The molecule has 3 aromatic heterocycles. The Kier molecular flexibility index (Phi) is 3.85. The summed E-state index contributed by atoms with van der Waals surface area (Å²) in [4.78, 5) is 7.92. The first-order valence-electron chi connectivity index (χ1n) is 8.22. The Labute approximate surface area is 149 Å². The average Bonchev–Trinajstić information content (AvgIpc) is 3.23. The first kappa shape index (κ1) is 17.1. The summed E-state index contributed by atoms with van der Waals surface area (Å²) in [6.07, 6.45) is 4.35. The molecule has 8 nitrogen and oxygen atoms in total. The lowest BCUT2D eigenvalue weighted by Gasteiger charge is -2.36. The molecule has 1 aliphatic rings. The predicted octanol–water partition coefficient (Wildman–Crippen LogP) is 1.98.